The molecule has 1 N–H and O–H groups in total. The fourth-order valence-electron chi connectivity index (χ4n) is 10.1. The average molecular weight is 959 g/mol. The van der Waals surface area contributed by atoms with Crippen LogP contribution in [0.1, 0.15) is 62.8 Å². The van der Waals surface area contributed by atoms with E-state index >= 15 is 0 Å². The minimum absolute atomic E-state index is 0.0602. The van der Waals surface area contributed by atoms with Crippen molar-refractivity contribution in [3.8, 4) is 0 Å². The van der Waals surface area contributed by atoms with Crippen molar-refractivity contribution in [1.82, 2.24) is 4.31 Å². The largest absolute Gasteiger partial charge is 0.516 e. The summed E-state index contributed by atoms with van der Waals surface area (Å²) in [5.41, 5.74) is -0.866. The maximum atomic E-state index is 14.6. The van der Waals surface area contributed by atoms with Gasteiger partial charge in [0.2, 0.25) is 5.69 Å². The quantitative estimate of drug-likeness (QED) is 0.0912. The fraction of sp³-hybridized carbons (Fsp3) is 0.300. The Kier molecular flexibility index (Phi) is 11.8. The summed E-state index contributed by atoms with van der Waals surface area (Å²) in [4.78, 5) is 2.04. The van der Waals surface area contributed by atoms with Crippen molar-refractivity contribution in [3.05, 3.63) is 155 Å². The zero-order chi connectivity index (χ0) is 47.8. The molecular formula is C50H51F3N3O7S3+. The third kappa shape index (κ3) is 8.30. The van der Waals surface area contributed by atoms with Crippen LogP contribution in [0.2, 0.25) is 0 Å². The van der Waals surface area contributed by atoms with E-state index in [9.17, 15) is 43.0 Å². The summed E-state index contributed by atoms with van der Waals surface area (Å²) >= 11 is 0. The third-order valence-electron chi connectivity index (χ3n) is 13.0. The molecule has 5 aromatic rings. The molecule has 0 radical (unpaired) electrons. The van der Waals surface area contributed by atoms with Crippen molar-refractivity contribution in [3.63, 3.8) is 0 Å². The van der Waals surface area contributed by atoms with Crippen LogP contribution >= 0.6 is 0 Å². The number of anilines is 1. The van der Waals surface area contributed by atoms with Crippen LogP contribution in [0.4, 0.5) is 24.5 Å². The summed E-state index contributed by atoms with van der Waals surface area (Å²) in [6.07, 6.45) is 8.38. The normalized spacial score (nSPS) is 18.4. The molecule has 10 nitrogen and oxygen atoms in total. The monoisotopic (exact) mass is 958 g/mol. The van der Waals surface area contributed by atoms with E-state index in [1.54, 1.807) is 48.6 Å². The van der Waals surface area contributed by atoms with Crippen LogP contribution in [0.25, 0.3) is 32.7 Å². The molecule has 0 amide bonds. The smallest absolute Gasteiger partial charge is 0.344 e. The highest BCUT2D eigenvalue weighted by Gasteiger charge is 2.51. The summed E-state index contributed by atoms with van der Waals surface area (Å²) in [5, 5.41) is 3.93. The van der Waals surface area contributed by atoms with E-state index in [1.165, 1.54) is 6.26 Å². The van der Waals surface area contributed by atoms with Gasteiger partial charge in [-0.15, -0.1) is 0 Å². The average Bonchev–Trinajstić information content (AvgIpc) is 3.75. The Morgan fingerprint density at radius 3 is 1.92 bits per heavy atom. The number of hydrogen-bond acceptors (Lipinski definition) is 7. The van der Waals surface area contributed by atoms with Gasteiger partial charge in [-0.05, 0) is 82.8 Å². The van der Waals surface area contributed by atoms with E-state index in [1.807, 2.05) is 110 Å². The maximum absolute atomic E-state index is 14.6. The first-order valence-corrected chi connectivity index (χ1v) is 26.6. The molecule has 0 spiro atoms. The van der Waals surface area contributed by atoms with E-state index < -0.39 is 52.1 Å². The van der Waals surface area contributed by atoms with Gasteiger partial charge in [-0.2, -0.15) is 34.6 Å². The maximum Gasteiger partial charge on any atom is 0.516 e. The Morgan fingerprint density at radius 2 is 1.30 bits per heavy atom. The van der Waals surface area contributed by atoms with Gasteiger partial charge in [0.25, 0.3) is 10.1 Å². The highest BCUT2D eigenvalue weighted by molar-refractivity contribution is 7.90. The minimum Gasteiger partial charge on any atom is -0.344 e. The number of allylic oxidation sites excluding steroid dienone is 7. The molecule has 2 heterocycles. The Morgan fingerprint density at radius 1 is 0.712 bits per heavy atom. The Balaban J connectivity index is 1.34. The molecule has 346 valence electrons. The number of hydrogen-bond donors (Lipinski definition) is 1. The van der Waals surface area contributed by atoms with Crippen LogP contribution in [0.5, 0.6) is 0 Å². The van der Waals surface area contributed by atoms with E-state index in [-0.39, 0.29) is 35.6 Å². The predicted octanol–water partition coefficient (Wildman–Crippen LogP) is 9.91. The van der Waals surface area contributed by atoms with Crippen molar-refractivity contribution in [2.24, 2.45) is 0 Å². The van der Waals surface area contributed by atoms with Crippen molar-refractivity contribution >= 4 is 79.8 Å². The lowest BCUT2D eigenvalue weighted by Gasteiger charge is -2.27. The molecule has 3 aliphatic rings. The standard InChI is InChI=1S/C50H50F3N3O7S3/c1-48(2)43(55(29-13-31-64(6,57)58)41-25-21-33-15-7-9-17-35(33)45(41)48)27-23-39-37-19-11-12-20-38(37)40(47(39)54(5)66(62,63)50(51,52)53)24-28-44-49(3,4)46-36-18-10-8-16-34(36)22-26-42(46)56(44)30-14-32-65(59,60)61/h7-12,15-28H,13-14,29-32H2,1-6H3/p+1. The summed E-state index contributed by atoms with van der Waals surface area (Å²) in [6.45, 7) is 8.57. The Hall–Kier alpha value is -5.55. The first-order valence-electron chi connectivity index (χ1n) is 21.4. The second-order valence-electron chi connectivity index (χ2n) is 18.1. The number of halogens is 3. The first-order chi connectivity index (χ1) is 30.8. The molecule has 0 saturated carbocycles. The van der Waals surface area contributed by atoms with Crippen molar-refractivity contribution < 1.29 is 47.6 Å². The molecule has 8 rings (SSSR count). The molecule has 66 heavy (non-hydrogen) atoms. The van der Waals surface area contributed by atoms with E-state index in [0.717, 1.165) is 56.8 Å². The molecule has 5 aromatic carbocycles. The molecule has 1 aliphatic carbocycles. The molecule has 16 heteroatoms. The SMILES string of the molecule is CN(C1=C(/C=C/C2=[N+](CCCS(=O)(=O)O)c3ccc4ccccc4c3C2(C)C)c2ccccc2/C1=C\C=C1\N(CCCS(C)(=O)=O)c2ccc3ccccc3c2C1(C)C)S(=O)(=O)C(F)(F)F. The van der Waals surface area contributed by atoms with Crippen LogP contribution in [0, 0.1) is 0 Å². The van der Waals surface area contributed by atoms with Crippen LogP contribution in [-0.2, 0) is 40.8 Å². The molecular weight excluding hydrogens is 908 g/mol. The Bertz CT molecular complexity index is 3350. The van der Waals surface area contributed by atoms with Crippen LogP contribution in [0.15, 0.2) is 133 Å². The van der Waals surface area contributed by atoms with Gasteiger partial charge in [-0.25, -0.2) is 8.42 Å². The number of alkyl halides is 3. The summed E-state index contributed by atoms with van der Waals surface area (Å²) in [7, 11) is -12.7. The molecule has 0 fully saturated rings. The van der Waals surface area contributed by atoms with E-state index in [2.05, 4.69) is 0 Å². The molecule has 0 saturated heterocycles. The van der Waals surface area contributed by atoms with E-state index in [4.69, 9.17) is 0 Å². The number of likely N-dealkylation sites (N-methyl/N-ethyl adjacent to an activating group) is 1. The van der Waals surface area contributed by atoms with Crippen molar-refractivity contribution in [2.75, 3.05) is 42.8 Å². The number of benzene rings is 5. The Labute approximate surface area is 384 Å². The van der Waals surface area contributed by atoms with Gasteiger partial charge in [0, 0.05) is 71.9 Å². The lowest BCUT2D eigenvalue weighted by Crippen LogP contribution is -2.37. The lowest BCUT2D eigenvalue weighted by atomic mass is 9.79. The third-order valence-corrected chi connectivity index (χ3v) is 16.3. The summed E-state index contributed by atoms with van der Waals surface area (Å²) in [5.74, 6) is -0.560. The molecule has 0 unspecified atom stereocenters. The first kappa shape index (κ1) is 47.0. The second kappa shape index (κ2) is 16.6. The minimum atomic E-state index is -5.96. The van der Waals surface area contributed by atoms with Crippen LogP contribution < -0.4 is 4.90 Å². The zero-order valence-corrected chi connectivity index (χ0v) is 39.8. The summed E-state index contributed by atoms with van der Waals surface area (Å²) < 4.78 is 131. The van der Waals surface area contributed by atoms with Crippen LogP contribution in [0.3, 0.4) is 0 Å². The van der Waals surface area contributed by atoms with E-state index in [0.29, 0.717) is 34.1 Å². The van der Waals surface area contributed by atoms with Gasteiger partial charge in [-0.1, -0.05) is 98.8 Å². The van der Waals surface area contributed by atoms with Gasteiger partial charge >= 0.3 is 15.5 Å². The van der Waals surface area contributed by atoms with Crippen LogP contribution in [-0.4, -0.2) is 87.8 Å². The molecule has 0 atom stereocenters. The highest BCUT2D eigenvalue weighted by Crippen LogP contribution is 2.52. The van der Waals surface area contributed by atoms with Gasteiger partial charge in [0.05, 0.1) is 22.6 Å². The van der Waals surface area contributed by atoms with Gasteiger partial charge in [0.1, 0.15) is 16.4 Å². The predicted molar refractivity (Wildman–Crippen MR) is 258 cm³/mol. The number of sulfone groups is 1. The number of sulfonamides is 1. The number of fused-ring (bicyclic) bond motifs is 7. The van der Waals surface area contributed by atoms with Gasteiger partial charge in [0.15, 0.2) is 5.71 Å². The zero-order valence-electron chi connectivity index (χ0n) is 37.4. The number of rotatable bonds is 13. The fourth-order valence-corrected chi connectivity index (χ4v) is 12.0. The topological polar surface area (TPSA) is 132 Å². The lowest BCUT2D eigenvalue weighted by molar-refractivity contribution is -0.437. The summed E-state index contributed by atoms with van der Waals surface area (Å²) in [6, 6.07) is 30.6. The molecule has 0 bridgehead atoms. The van der Waals surface area contributed by atoms with Gasteiger partial charge < -0.3 is 4.90 Å². The molecule has 2 aliphatic heterocycles. The molecule has 0 aromatic heterocycles. The number of nitrogens with zero attached hydrogens (tertiary/aromatic N) is 3. The van der Waals surface area contributed by atoms with Crippen molar-refractivity contribution in [1.29, 1.82) is 0 Å². The highest BCUT2D eigenvalue weighted by atomic mass is 32.2. The van der Waals surface area contributed by atoms with Crippen molar-refractivity contribution in [2.45, 2.75) is 56.9 Å². The second-order valence-corrected chi connectivity index (χ2v) is 23.9. The van der Waals surface area contributed by atoms with Gasteiger partial charge in [-0.3, -0.25) is 8.86 Å².